The number of carbonyl (C=O) groups excluding carboxylic acids is 1. The highest BCUT2D eigenvalue weighted by molar-refractivity contribution is 7.13. The topological polar surface area (TPSA) is 79.3 Å². The summed E-state index contributed by atoms with van der Waals surface area (Å²) >= 11 is 1.44. The van der Waals surface area contributed by atoms with E-state index in [0.717, 1.165) is 30.0 Å². The van der Waals surface area contributed by atoms with Gasteiger partial charge in [0.2, 0.25) is 0 Å². The second kappa shape index (κ2) is 7.89. The number of aryl methyl sites for hydroxylation is 2. The van der Waals surface area contributed by atoms with Crippen LogP contribution in [0.2, 0.25) is 0 Å². The van der Waals surface area contributed by atoms with E-state index in [4.69, 9.17) is 5.11 Å². The molecule has 106 valence electrons. The second-order valence-electron chi connectivity index (χ2n) is 4.34. The van der Waals surface area contributed by atoms with Crippen molar-refractivity contribution >= 4 is 23.2 Å². The number of rotatable bonds is 8. The van der Waals surface area contributed by atoms with Crippen LogP contribution in [0.4, 0.5) is 0 Å². The van der Waals surface area contributed by atoms with Crippen LogP contribution in [0.25, 0.3) is 0 Å². The van der Waals surface area contributed by atoms with Crippen LogP contribution in [-0.2, 0) is 11.2 Å². The Balaban J connectivity index is 2.27. The average Bonchev–Trinajstić information content (AvgIpc) is 2.74. The van der Waals surface area contributed by atoms with Crippen molar-refractivity contribution in [3.05, 3.63) is 15.6 Å². The van der Waals surface area contributed by atoms with E-state index in [9.17, 15) is 9.59 Å². The van der Waals surface area contributed by atoms with Gasteiger partial charge in [0.25, 0.3) is 5.91 Å². The number of nitrogens with one attached hydrogen (secondary N) is 1. The molecule has 0 spiro atoms. The lowest BCUT2D eigenvalue weighted by molar-refractivity contribution is -0.137. The Morgan fingerprint density at radius 1 is 1.32 bits per heavy atom. The van der Waals surface area contributed by atoms with Crippen LogP contribution in [0.15, 0.2) is 0 Å². The van der Waals surface area contributed by atoms with Crippen molar-refractivity contribution in [2.24, 2.45) is 0 Å². The molecule has 0 saturated carbocycles. The van der Waals surface area contributed by atoms with E-state index in [1.807, 2.05) is 13.8 Å². The minimum absolute atomic E-state index is 0.0760. The van der Waals surface area contributed by atoms with Crippen LogP contribution in [-0.4, -0.2) is 28.5 Å². The number of amides is 1. The lowest BCUT2D eigenvalue weighted by atomic mass is 10.2. The van der Waals surface area contributed by atoms with Gasteiger partial charge in [0.1, 0.15) is 4.88 Å². The zero-order valence-electron chi connectivity index (χ0n) is 11.4. The first-order valence-electron chi connectivity index (χ1n) is 6.51. The molecule has 1 rings (SSSR count). The number of carboxylic acids is 1. The molecule has 0 bridgehead atoms. The maximum atomic E-state index is 11.9. The Morgan fingerprint density at radius 3 is 2.63 bits per heavy atom. The zero-order valence-corrected chi connectivity index (χ0v) is 12.2. The van der Waals surface area contributed by atoms with Crippen molar-refractivity contribution in [3.63, 3.8) is 0 Å². The molecule has 0 saturated heterocycles. The monoisotopic (exact) mass is 284 g/mol. The van der Waals surface area contributed by atoms with Crippen LogP contribution >= 0.6 is 11.3 Å². The number of unbranched alkanes of at least 4 members (excludes halogenated alkanes) is 2. The van der Waals surface area contributed by atoms with Gasteiger partial charge in [-0.3, -0.25) is 9.59 Å². The summed E-state index contributed by atoms with van der Waals surface area (Å²) in [5.41, 5.74) is 0.783. The van der Waals surface area contributed by atoms with Crippen LogP contribution < -0.4 is 5.32 Å². The molecule has 6 heteroatoms. The molecule has 0 radical (unpaired) electrons. The van der Waals surface area contributed by atoms with E-state index in [0.29, 0.717) is 17.8 Å². The van der Waals surface area contributed by atoms with Crippen LogP contribution in [0.3, 0.4) is 0 Å². The third kappa shape index (κ3) is 5.38. The molecule has 0 aromatic carbocycles. The summed E-state index contributed by atoms with van der Waals surface area (Å²) in [5.74, 6) is -0.843. The second-order valence-corrected chi connectivity index (χ2v) is 5.42. The number of carboxylic acid groups (broad SMARTS) is 1. The Kier molecular flexibility index (Phi) is 6.49. The molecule has 0 fully saturated rings. The van der Waals surface area contributed by atoms with Gasteiger partial charge in [0.05, 0.1) is 10.7 Å². The molecule has 1 heterocycles. The molecule has 1 aromatic heterocycles. The lowest BCUT2D eigenvalue weighted by Crippen LogP contribution is -2.24. The van der Waals surface area contributed by atoms with Gasteiger partial charge < -0.3 is 10.4 Å². The quantitative estimate of drug-likeness (QED) is 0.718. The van der Waals surface area contributed by atoms with Crippen LogP contribution in [0, 0.1) is 6.92 Å². The molecule has 19 heavy (non-hydrogen) atoms. The molecule has 1 amide bonds. The Hall–Kier alpha value is -1.43. The predicted octanol–water partition coefficient (Wildman–Crippen LogP) is 2.39. The van der Waals surface area contributed by atoms with E-state index in [1.54, 1.807) is 0 Å². The smallest absolute Gasteiger partial charge is 0.303 e. The van der Waals surface area contributed by atoms with E-state index >= 15 is 0 Å². The Labute approximate surface area is 117 Å². The van der Waals surface area contributed by atoms with E-state index in [-0.39, 0.29) is 12.3 Å². The van der Waals surface area contributed by atoms with Crippen molar-refractivity contribution in [2.75, 3.05) is 6.54 Å². The van der Waals surface area contributed by atoms with Gasteiger partial charge in [-0.25, -0.2) is 4.98 Å². The molecule has 2 N–H and O–H groups in total. The number of carbonyl (C=O) groups is 2. The first-order chi connectivity index (χ1) is 9.04. The SMILES string of the molecule is CCc1nc(C)c(C(=O)NCCCCCC(=O)O)s1. The van der Waals surface area contributed by atoms with Gasteiger partial charge in [-0.2, -0.15) is 0 Å². The first kappa shape index (κ1) is 15.6. The molecule has 0 atom stereocenters. The number of aliphatic carboxylic acids is 1. The standard InChI is InChI=1S/C13H20N2O3S/c1-3-10-15-9(2)12(19-10)13(18)14-8-6-4-5-7-11(16)17/h3-8H2,1-2H3,(H,14,18)(H,16,17). The molecule has 0 aliphatic carbocycles. The zero-order chi connectivity index (χ0) is 14.3. The number of aromatic nitrogens is 1. The summed E-state index contributed by atoms with van der Waals surface area (Å²) in [7, 11) is 0. The molecule has 0 aliphatic rings. The first-order valence-corrected chi connectivity index (χ1v) is 7.32. The Morgan fingerprint density at radius 2 is 2.05 bits per heavy atom. The normalized spacial score (nSPS) is 10.4. The number of hydrogen-bond donors (Lipinski definition) is 2. The molecule has 1 aromatic rings. The van der Waals surface area contributed by atoms with E-state index < -0.39 is 5.97 Å². The fourth-order valence-corrected chi connectivity index (χ4v) is 2.60. The van der Waals surface area contributed by atoms with E-state index in [1.165, 1.54) is 11.3 Å². The fourth-order valence-electron chi connectivity index (χ4n) is 1.67. The largest absolute Gasteiger partial charge is 0.481 e. The third-order valence-electron chi connectivity index (χ3n) is 2.70. The number of thiazole rings is 1. The third-order valence-corrected chi connectivity index (χ3v) is 4.00. The van der Waals surface area contributed by atoms with Gasteiger partial charge >= 0.3 is 5.97 Å². The number of nitrogens with zero attached hydrogens (tertiary/aromatic N) is 1. The highest BCUT2D eigenvalue weighted by Crippen LogP contribution is 2.18. The maximum Gasteiger partial charge on any atom is 0.303 e. The summed E-state index contributed by atoms with van der Waals surface area (Å²) in [4.78, 5) is 27.2. The molecule has 0 aliphatic heterocycles. The van der Waals surface area contributed by atoms with Gasteiger partial charge in [-0.1, -0.05) is 13.3 Å². The van der Waals surface area contributed by atoms with Crippen molar-refractivity contribution in [2.45, 2.75) is 46.0 Å². The molecule has 5 nitrogen and oxygen atoms in total. The minimum Gasteiger partial charge on any atom is -0.481 e. The molecular formula is C13H20N2O3S. The molecular weight excluding hydrogens is 264 g/mol. The summed E-state index contributed by atoms with van der Waals surface area (Å²) < 4.78 is 0. The summed E-state index contributed by atoms with van der Waals surface area (Å²) in [5, 5.41) is 12.3. The van der Waals surface area contributed by atoms with Gasteiger partial charge in [0, 0.05) is 13.0 Å². The lowest BCUT2D eigenvalue weighted by Gasteiger charge is -2.03. The predicted molar refractivity (Wildman–Crippen MR) is 74.7 cm³/mol. The van der Waals surface area contributed by atoms with Gasteiger partial charge in [0.15, 0.2) is 0 Å². The average molecular weight is 284 g/mol. The summed E-state index contributed by atoms with van der Waals surface area (Å²) in [6.07, 6.45) is 3.31. The fraction of sp³-hybridized carbons (Fsp3) is 0.615. The maximum absolute atomic E-state index is 11.9. The van der Waals surface area contributed by atoms with E-state index in [2.05, 4.69) is 10.3 Å². The summed E-state index contributed by atoms with van der Waals surface area (Å²) in [6, 6.07) is 0. The Bertz CT molecular complexity index is 443. The highest BCUT2D eigenvalue weighted by atomic mass is 32.1. The molecule has 0 unspecified atom stereocenters. The van der Waals surface area contributed by atoms with Crippen molar-refractivity contribution < 1.29 is 14.7 Å². The van der Waals surface area contributed by atoms with Crippen molar-refractivity contribution in [1.29, 1.82) is 0 Å². The van der Waals surface area contributed by atoms with Crippen molar-refractivity contribution in [1.82, 2.24) is 10.3 Å². The minimum atomic E-state index is -0.767. The van der Waals surface area contributed by atoms with Crippen molar-refractivity contribution in [3.8, 4) is 0 Å². The highest BCUT2D eigenvalue weighted by Gasteiger charge is 2.13. The van der Waals surface area contributed by atoms with Gasteiger partial charge in [-0.15, -0.1) is 11.3 Å². The van der Waals surface area contributed by atoms with Crippen LogP contribution in [0.1, 0.15) is 53.0 Å². The summed E-state index contributed by atoms with van der Waals surface area (Å²) in [6.45, 7) is 4.44. The number of hydrogen-bond acceptors (Lipinski definition) is 4. The van der Waals surface area contributed by atoms with Gasteiger partial charge in [-0.05, 0) is 26.2 Å². The van der Waals surface area contributed by atoms with Crippen LogP contribution in [0.5, 0.6) is 0 Å².